The molecule has 3 heteroatoms. The second kappa shape index (κ2) is 5.22. The molecule has 0 unspecified atom stereocenters. The fraction of sp³-hybridized carbons (Fsp3) is 0.0769. The molecule has 2 aromatic carbocycles. The van der Waals surface area contributed by atoms with Crippen LogP contribution in [0.1, 0.15) is 10.4 Å². The molecule has 0 N–H and O–H groups in total. The van der Waals surface area contributed by atoms with Gasteiger partial charge in [-0.25, -0.2) is 0 Å². The van der Waals surface area contributed by atoms with Crippen LogP contribution < -0.4 is 0 Å². The topological polar surface area (TPSA) is 0 Å². The van der Waals surface area contributed by atoms with Gasteiger partial charge in [-0.15, -0.1) is 23.2 Å². The van der Waals surface area contributed by atoms with Crippen molar-refractivity contribution in [2.75, 3.05) is 0 Å². The first-order chi connectivity index (χ1) is 7.66. The Balaban J connectivity index is 2.35. The average Bonchev–Trinajstić information content (AvgIpc) is 2.29. The van der Waals surface area contributed by atoms with Crippen molar-refractivity contribution in [3.8, 4) is 11.1 Å². The lowest BCUT2D eigenvalue weighted by molar-refractivity contribution is 1.35. The average molecular weight is 316 g/mol. The van der Waals surface area contributed by atoms with Gasteiger partial charge in [-0.2, -0.15) is 0 Å². The van der Waals surface area contributed by atoms with Crippen molar-refractivity contribution in [3.05, 3.63) is 58.6 Å². The van der Waals surface area contributed by atoms with Crippen molar-refractivity contribution in [2.45, 2.75) is 4.84 Å². The highest BCUT2D eigenvalue weighted by Gasteiger charge is 2.03. The normalized spacial score (nSPS) is 10.8. The maximum absolute atomic E-state index is 5.78. The van der Waals surface area contributed by atoms with Crippen molar-refractivity contribution in [1.82, 2.24) is 0 Å². The Morgan fingerprint density at radius 2 is 1.56 bits per heavy atom. The first-order valence-electron chi connectivity index (χ1n) is 4.81. The van der Waals surface area contributed by atoms with Crippen molar-refractivity contribution in [2.24, 2.45) is 0 Å². The van der Waals surface area contributed by atoms with Crippen LogP contribution in [0.5, 0.6) is 0 Å². The van der Waals surface area contributed by atoms with Crippen LogP contribution in [-0.4, -0.2) is 0 Å². The van der Waals surface area contributed by atoms with Crippen LogP contribution in [0.4, 0.5) is 0 Å². The van der Waals surface area contributed by atoms with Gasteiger partial charge >= 0.3 is 0 Å². The molecule has 0 saturated carbocycles. The largest absolute Gasteiger partial charge is 0.132 e. The Morgan fingerprint density at radius 3 is 2.12 bits per heavy atom. The zero-order chi connectivity index (χ0) is 11.5. The van der Waals surface area contributed by atoms with Gasteiger partial charge in [0.25, 0.3) is 0 Å². The Hall–Kier alpha value is -0.500. The summed E-state index contributed by atoms with van der Waals surface area (Å²) < 4.78 is 1.07. The van der Waals surface area contributed by atoms with E-state index < -0.39 is 4.84 Å². The van der Waals surface area contributed by atoms with E-state index in [-0.39, 0.29) is 0 Å². The summed E-state index contributed by atoms with van der Waals surface area (Å²) >= 11 is 15.0. The molecule has 82 valence electrons. The zero-order valence-corrected chi connectivity index (χ0v) is 11.4. The summed E-state index contributed by atoms with van der Waals surface area (Å²) in [4.78, 5) is -0.462. The number of rotatable bonds is 2. The molecular weight excluding hydrogens is 307 g/mol. The van der Waals surface area contributed by atoms with Crippen LogP contribution in [-0.2, 0) is 0 Å². The molecule has 0 atom stereocenters. The van der Waals surface area contributed by atoms with E-state index in [9.17, 15) is 0 Å². The van der Waals surface area contributed by atoms with Gasteiger partial charge in [0.15, 0.2) is 0 Å². The van der Waals surface area contributed by atoms with Gasteiger partial charge in [0.05, 0.1) is 0 Å². The predicted octanol–water partition coefficient (Wildman–Crippen LogP) is 5.59. The lowest BCUT2D eigenvalue weighted by Crippen LogP contribution is -1.82. The van der Waals surface area contributed by atoms with E-state index in [1.165, 1.54) is 5.56 Å². The molecular formula is C13H9BrCl2. The quantitative estimate of drug-likeness (QED) is 0.633. The van der Waals surface area contributed by atoms with Crippen LogP contribution >= 0.6 is 39.1 Å². The standard InChI is InChI=1S/C13H9BrCl2/c14-12-3-1-2-11(8-12)9-4-6-10(7-5-9)13(15)16/h1-8,13H. The highest BCUT2D eigenvalue weighted by Crippen LogP contribution is 2.28. The third kappa shape index (κ3) is 2.79. The summed E-state index contributed by atoms with van der Waals surface area (Å²) in [5, 5.41) is 0. The molecule has 0 aliphatic heterocycles. The number of halogens is 3. The summed E-state index contributed by atoms with van der Waals surface area (Å²) in [5.74, 6) is 0. The monoisotopic (exact) mass is 314 g/mol. The SMILES string of the molecule is ClC(Cl)c1ccc(-c2cccc(Br)c2)cc1. The first kappa shape index (κ1) is 12.0. The molecule has 0 spiro atoms. The van der Waals surface area contributed by atoms with Gasteiger partial charge in [0.2, 0.25) is 0 Å². The summed E-state index contributed by atoms with van der Waals surface area (Å²) in [5.41, 5.74) is 3.24. The Kier molecular flexibility index (Phi) is 3.91. The molecule has 0 radical (unpaired) electrons. The van der Waals surface area contributed by atoms with Crippen molar-refractivity contribution >= 4 is 39.1 Å². The van der Waals surface area contributed by atoms with Crippen molar-refractivity contribution in [1.29, 1.82) is 0 Å². The number of benzene rings is 2. The molecule has 2 aromatic rings. The van der Waals surface area contributed by atoms with Gasteiger partial charge in [0, 0.05) is 4.47 Å². The summed E-state index contributed by atoms with van der Waals surface area (Å²) in [6, 6.07) is 16.1. The van der Waals surface area contributed by atoms with Crippen molar-refractivity contribution < 1.29 is 0 Å². The molecule has 0 saturated heterocycles. The van der Waals surface area contributed by atoms with Crippen LogP contribution in [0.25, 0.3) is 11.1 Å². The smallest absolute Gasteiger partial charge is 0.100 e. The third-order valence-corrected chi connectivity index (χ3v) is 3.32. The predicted molar refractivity (Wildman–Crippen MR) is 74.0 cm³/mol. The van der Waals surface area contributed by atoms with Crippen LogP contribution in [0.15, 0.2) is 53.0 Å². The minimum Gasteiger partial charge on any atom is -0.100 e. The van der Waals surface area contributed by atoms with Crippen molar-refractivity contribution in [3.63, 3.8) is 0 Å². The number of hydrogen-bond donors (Lipinski definition) is 0. The van der Waals surface area contributed by atoms with Crippen LogP contribution in [0.2, 0.25) is 0 Å². The zero-order valence-electron chi connectivity index (χ0n) is 8.33. The summed E-state index contributed by atoms with van der Waals surface area (Å²) in [7, 11) is 0. The molecule has 2 rings (SSSR count). The van der Waals surface area contributed by atoms with E-state index in [2.05, 4.69) is 28.1 Å². The molecule has 0 nitrogen and oxygen atoms in total. The fourth-order valence-electron chi connectivity index (χ4n) is 1.49. The van der Waals surface area contributed by atoms with E-state index >= 15 is 0 Å². The first-order valence-corrected chi connectivity index (χ1v) is 6.47. The Bertz CT molecular complexity index is 478. The molecule has 0 fully saturated rings. The highest BCUT2D eigenvalue weighted by molar-refractivity contribution is 9.10. The van der Waals surface area contributed by atoms with Gasteiger partial charge < -0.3 is 0 Å². The minimum absolute atomic E-state index is 0.462. The Labute approximate surface area is 113 Å². The van der Waals surface area contributed by atoms with Crippen LogP contribution in [0.3, 0.4) is 0 Å². The maximum atomic E-state index is 5.78. The van der Waals surface area contributed by atoms with E-state index in [0.29, 0.717) is 0 Å². The second-order valence-electron chi connectivity index (χ2n) is 3.43. The summed E-state index contributed by atoms with van der Waals surface area (Å²) in [6.45, 7) is 0. The van der Waals surface area contributed by atoms with E-state index in [4.69, 9.17) is 23.2 Å². The third-order valence-electron chi connectivity index (χ3n) is 2.32. The Morgan fingerprint density at radius 1 is 0.875 bits per heavy atom. The van der Waals surface area contributed by atoms with Gasteiger partial charge in [-0.05, 0) is 28.8 Å². The fourth-order valence-corrected chi connectivity index (χ4v) is 2.18. The van der Waals surface area contributed by atoms with Gasteiger partial charge in [-0.1, -0.05) is 52.3 Å². The van der Waals surface area contributed by atoms with Gasteiger partial charge in [0.1, 0.15) is 4.84 Å². The number of hydrogen-bond acceptors (Lipinski definition) is 0. The second-order valence-corrected chi connectivity index (χ2v) is 5.44. The molecule has 16 heavy (non-hydrogen) atoms. The number of alkyl halides is 2. The highest BCUT2D eigenvalue weighted by atomic mass is 79.9. The molecule has 0 bridgehead atoms. The van der Waals surface area contributed by atoms with E-state index in [0.717, 1.165) is 15.6 Å². The lowest BCUT2D eigenvalue weighted by atomic mass is 10.0. The molecule has 0 heterocycles. The molecule has 0 aromatic heterocycles. The molecule has 0 aliphatic carbocycles. The minimum atomic E-state index is -0.462. The lowest BCUT2D eigenvalue weighted by Gasteiger charge is -2.05. The van der Waals surface area contributed by atoms with Gasteiger partial charge in [-0.3, -0.25) is 0 Å². The molecule has 0 amide bonds. The van der Waals surface area contributed by atoms with E-state index in [1.807, 2.05) is 36.4 Å². The van der Waals surface area contributed by atoms with E-state index in [1.54, 1.807) is 0 Å². The summed E-state index contributed by atoms with van der Waals surface area (Å²) in [6.07, 6.45) is 0. The maximum Gasteiger partial charge on any atom is 0.132 e. The van der Waals surface area contributed by atoms with Crippen LogP contribution in [0, 0.1) is 0 Å². The molecule has 0 aliphatic rings.